The minimum Gasteiger partial charge on any atom is -0.496 e. The summed E-state index contributed by atoms with van der Waals surface area (Å²) in [6, 6.07) is 8.40. The number of amides is 1. The van der Waals surface area contributed by atoms with Gasteiger partial charge in [-0.15, -0.1) is 12.4 Å². The molecule has 27 heavy (non-hydrogen) atoms. The van der Waals surface area contributed by atoms with Gasteiger partial charge in [0.15, 0.2) is 5.76 Å². The van der Waals surface area contributed by atoms with Gasteiger partial charge in [0.2, 0.25) is 10.0 Å². The summed E-state index contributed by atoms with van der Waals surface area (Å²) >= 11 is 0. The Hall–Kier alpha value is -2.07. The monoisotopic (exact) mass is 415 g/mol. The molecular weight excluding hydrogens is 394 g/mol. The third-order valence-corrected chi connectivity index (χ3v) is 5.41. The quantitative estimate of drug-likeness (QED) is 0.781. The molecule has 0 aliphatic carbocycles. The second kappa shape index (κ2) is 8.30. The van der Waals surface area contributed by atoms with Crippen LogP contribution in [0.1, 0.15) is 27.9 Å². The molecule has 0 radical (unpaired) electrons. The molecule has 10 heteroatoms. The van der Waals surface area contributed by atoms with E-state index in [0.717, 1.165) is 5.56 Å². The summed E-state index contributed by atoms with van der Waals surface area (Å²) in [6.45, 7) is 3.09. The average molecular weight is 416 g/mol. The molecule has 1 fully saturated rings. The normalized spacial score (nSPS) is 17.3. The number of hydrogen-bond donors (Lipinski definition) is 2. The Morgan fingerprint density at radius 2 is 2.07 bits per heavy atom. The summed E-state index contributed by atoms with van der Waals surface area (Å²) in [7, 11) is -2.37. The van der Waals surface area contributed by atoms with Crippen LogP contribution in [0.15, 0.2) is 39.6 Å². The van der Waals surface area contributed by atoms with E-state index in [1.165, 1.54) is 13.0 Å². The number of furan rings is 1. The Labute approximate surface area is 164 Å². The van der Waals surface area contributed by atoms with Gasteiger partial charge in [-0.05, 0) is 13.0 Å². The molecule has 1 saturated heterocycles. The van der Waals surface area contributed by atoms with Gasteiger partial charge in [-0.3, -0.25) is 4.79 Å². The molecule has 0 bridgehead atoms. The highest BCUT2D eigenvalue weighted by Crippen LogP contribution is 2.32. The summed E-state index contributed by atoms with van der Waals surface area (Å²) in [6.07, 6.45) is 0. The van der Waals surface area contributed by atoms with Crippen LogP contribution in [0.5, 0.6) is 5.75 Å². The lowest BCUT2D eigenvalue weighted by Gasteiger charge is -2.36. The molecule has 3 rings (SSSR count). The predicted molar refractivity (Wildman–Crippen MR) is 102 cm³/mol. The van der Waals surface area contributed by atoms with Gasteiger partial charge in [0.05, 0.1) is 13.2 Å². The summed E-state index contributed by atoms with van der Waals surface area (Å²) in [5.41, 5.74) is 0.866. The van der Waals surface area contributed by atoms with Crippen LogP contribution < -0.4 is 15.2 Å². The maximum absolute atomic E-state index is 13.0. The maximum atomic E-state index is 13.0. The van der Waals surface area contributed by atoms with Crippen molar-refractivity contribution in [3.8, 4) is 5.75 Å². The summed E-state index contributed by atoms with van der Waals surface area (Å²) in [5, 5.41) is 8.43. The number of halogens is 1. The van der Waals surface area contributed by atoms with E-state index in [0.29, 0.717) is 25.4 Å². The van der Waals surface area contributed by atoms with Gasteiger partial charge in [-0.2, -0.15) is 0 Å². The number of carbonyl (C=O) groups is 1. The number of piperazine rings is 1. The number of hydrogen-bond acceptors (Lipinski definition) is 6. The Bertz CT molecular complexity index is 928. The van der Waals surface area contributed by atoms with Crippen LogP contribution in [-0.4, -0.2) is 46.0 Å². The van der Waals surface area contributed by atoms with Crippen molar-refractivity contribution in [2.75, 3.05) is 26.7 Å². The van der Waals surface area contributed by atoms with Crippen molar-refractivity contribution < 1.29 is 22.4 Å². The molecule has 8 nitrogen and oxygen atoms in total. The molecule has 1 atom stereocenters. The van der Waals surface area contributed by atoms with Gasteiger partial charge in [-0.25, -0.2) is 13.6 Å². The molecule has 148 valence electrons. The number of methoxy groups -OCH3 is 1. The van der Waals surface area contributed by atoms with Crippen molar-refractivity contribution in [2.45, 2.75) is 17.9 Å². The molecular formula is C17H22ClN3O5S. The molecule has 1 amide bonds. The van der Waals surface area contributed by atoms with Crippen LogP contribution in [0, 0.1) is 6.92 Å². The van der Waals surface area contributed by atoms with E-state index in [9.17, 15) is 13.2 Å². The number of para-hydroxylation sites is 1. The van der Waals surface area contributed by atoms with Crippen LogP contribution >= 0.6 is 12.4 Å². The minimum atomic E-state index is -3.95. The van der Waals surface area contributed by atoms with Crippen molar-refractivity contribution in [2.24, 2.45) is 5.14 Å². The molecule has 1 aliphatic rings. The predicted octanol–water partition coefficient (Wildman–Crippen LogP) is 1.45. The van der Waals surface area contributed by atoms with Crippen molar-refractivity contribution in [3.05, 3.63) is 47.4 Å². The molecule has 0 saturated carbocycles. The number of nitrogens with two attached hydrogens (primary N) is 1. The SMILES string of the molecule is COc1ccccc1C1CNCCN1C(=O)c1cc(S(N)(=O)=O)c(C)o1.Cl. The van der Waals surface area contributed by atoms with E-state index in [1.54, 1.807) is 12.0 Å². The maximum Gasteiger partial charge on any atom is 0.290 e. The first kappa shape index (κ1) is 21.2. The highest BCUT2D eigenvalue weighted by Gasteiger charge is 2.33. The van der Waals surface area contributed by atoms with Gasteiger partial charge in [0, 0.05) is 31.3 Å². The lowest BCUT2D eigenvalue weighted by Crippen LogP contribution is -2.48. The van der Waals surface area contributed by atoms with Gasteiger partial charge >= 0.3 is 0 Å². The zero-order valence-electron chi connectivity index (χ0n) is 15.0. The number of carbonyl (C=O) groups excluding carboxylic acids is 1. The highest BCUT2D eigenvalue weighted by molar-refractivity contribution is 7.89. The highest BCUT2D eigenvalue weighted by atomic mass is 35.5. The number of rotatable bonds is 4. The Morgan fingerprint density at radius 1 is 1.37 bits per heavy atom. The Kier molecular flexibility index (Phi) is 6.53. The fraction of sp³-hybridized carbons (Fsp3) is 0.353. The number of sulfonamides is 1. The van der Waals surface area contributed by atoms with Crippen LogP contribution in [0.2, 0.25) is 0 Å². The molecule has 0 spiro atoms. The number of aryl methyl sites for hydroxylation is 1. The molecule has 2 heterocycles. The first-order valence-corrected chi connectivity index (χ1v) is 9.65. The smallest absolute Gasteiger partial charge is 0.290 e. The van der Waals surface area contributed by atoms with Crippen LogP contribution in [0.4, 0.5) is 0 Å². The molecule has 1 aromatic carbocycles. The van der Waals surface area contributed by atoms with Crippen molar-refractivity contribution in [1.29, 1.82) is 0 Å². The minimum absolute atomic E-state index is 0. The van der Waals surface area contributed by atoms with Gasteiger partial charge in [0.25, 0.3) is 5.91 Å². The van der Waals surface area contributed by atoms with E-state index < -0.39 is 10.0 Å². The molecule has 2 aromatic rings. The lowest BCUT2D eigenvalue weighted by molar-refractivity contribution is 0.0597. The first-order valence-electron chi connectivity index (χ1n) is 8.10. The Balaban J connectivity index is 0.00000261. The summed E-state index contributed by atoms with van der Waals surface area (Å²) < 4.78 is 34.0. The molecule has 1 aromatic heterocycles. The summed E-state index contributed by atoms with van der Waals surface area (Å²) in [4.78, 5) is 14.5. The fourth-order valence-corrected chi connectivity index (χ4v) is 3.88. The zero-order chi connectivity index (χ0) is 18.9. The number of nitrogens with one attached hydrogen (secondary N) is 1. The lowest BCUT2D eigenvalue weighted by atomic mass is 10.0. The number of primary sulfonamides is 1. The number of ether oxygens (including phenoxy) is 1. The second-order valence-corrected chi connectivity index (χ2v) is 7.57. The van der Waals surface area contributed by atoms with Crippen molar-refractivity contribution in [1.82, 2.24) is 10.2 Å². The van der Waals surface area contributed by atoms with E-state index in [4.69, 9.17) is 14.3 Å². The van der Waals surface area contributed by atoms with E-state index in [2.05, 4.69) is 5.32 Å². The van der Waals surface area contributed by atoms with Crippen molar-refractivity contribution >= 4 is 28.3 Å². The molecule has 1 aliphatic heterocycles. The van der Waals surface area contributed by atoms with Gasteiger partial charge < -0.3 is 19.4 Å². The van der Waals surface area contributed by atoms with Gasteiger partial charge in [0.1, 0.15) is 16.4 Å². The Morgan fingerprint density at radius 3 is 2.70 bits per heavy atom. The van der Waals surface area contributed by atoms with E-state index in [1.807, 2.05) is 24.3 Å². The fourth-order valence-electron chi connectivity index (χ4n) is 3.16. The van der Waals surface area contributed by atoms with Crippen LogP contribution in [0.3, 0.4) is 0 Å². The standard InChI is InChI=1S/C17H21N3O5S.ClH/c1-11-16(26(18,22)23)9-15(25-11)17(21)20-8-7-19-10-13(20)12-5-3-4-6-14(12)24-2;/h3-6,9,13,19H,7-8,10H2,1-2H3,(H2,18,22,23);1H. The third-order valence-electron chi connectivity index (χ3n) is 4.39. The van der Waals surface area contributed by atoms with E-state index >= 15 is 0 Å². The number of benzene rings is 1. The van der Waals surface area contributed by atoms with Crippen LogP contribution in [-0.2, 0) is 10.0 Å². The number of nitrogens with zero attached hydrogens (tertiary/aromatic N) is 1. The van der Waals surface area contributed by atoms with Crippen LogP contribution in [0.25, 0.3) is 0 Å². The first-order chi connectivity index (χ1) is 12.3. The second-order valence-electron chi connectivity index (χ2n) is 6.04. The van der Waals surface area contributed by atoms with E-state index in [-0.39, 0.29) is 40.8 Å². The zero-order valence-corrected chi connectivity index (χ0v) is 16.6. The van der Waals surface area contributed by atoms with Gasteiger partial charge in [-0.1, -0.05) is 18.2 Å². The van der Waals surface area contributed by atoms with Crippen molar-refractivity contribution in [3.63, 3.8) is 0 Å². The molecule has 3 N–H and O–H groups in total. The topological polar surface area (TPSA) is 115 Å². The largest absolute Gasteiger partial charge is 0.496 e. The average Bonchev–Trinajstić information content (AvgIpc) is 3.03. The third kappa shape index (κ3) is 4.27. The summed E-state index contributed by atoms with van der Waals surface area (Å²) in [5.74, 6) is 0.341. The molecule has 1 unspecified atom stereocenters.